The number of thiophene rings is 1. The van der Waals surface area contributed by atoms with Crippen molar-refractivity contribution in [3.63, 3.8) is 0 Å². The molecule has 3 N–H and O–H groups in total. The lowest BCUT2D eigenvalue weighted by molar-refractivity contribution is -0.116. The number of rotatable bonds is 5. The number of hydrogen-bond donors (Lipinski definition) is 2. The van der Waals surface area contributed by atoms with Gasteiger partial charge >= 0.3 is 0 Å². The van der Waals surface area contributed by atoms with Crippen molar-refractivity contribution < 1.29 is 9.59 Å². The minimum absolute atomic E-state index is 0.104. The Bertz CT molecular complexity index is 528. The van der Waals surface area contributed by atoms with Crippen molar-refractivity contribution in [1.82, 2.24) is 0 Å². The molecule has 0 bridgehead atoms. The minimum Gasteiger partial charge on any atom is -0.365 e. The number of aryl methyl sites for hydroxylation is 1. The Labute approximate surface area is 134 Å². The van der Waals surface area contributed by atoms with Gasteiger partial charge in [-0.1, -0.05) is 12.8 Å². The molecule has 0 atom stereocenters. The van der Waals surface area contributed by atoms with Crippen LogP contribution >= 0.6 is 22.9 Å². The van der Waals surface area contributed by atoms with Crippen LogP contribution in [-0.2, 0) is 17.6 Å². The molecule has 4 nitrogen and oxygen atoms in total. The fourth-order valence-electron chi connectivity index (χ4n) is 2.68. The minimum atomic E-state index is -0.444. The van der Waals surface area contributed by atoms with Crippen LogP contribution in [0, 0.1) is 0 Å². The normalized spacial score (nSPS) is 14.9. The van der Waals surface area contributed by atoms with Crippen LogP contribution in [0.2, 0.25) is 0 Å². The van der Waals surface area contributed by atoms with Crippen LogP contribution in [0.15, 0.2) is 0 Å². The highest BCUT2D eigenvalue weighted by atomic mass is 35.5. The van der Waals surface area contributed by atoms with Gasteiger partial charge < -0.3 is 11.1 Å². The van der Waals surface area contributed by atoms with E-state index in [1.165, 1.54) is 29.1 Å². The van der Waals surface area contributed by atoms with E-state index >= 15 is 0 Å². The summed E-state index contributed by atoms with van der Waals surface area (Å²) in [7, 11) is 0. The standard InChI is InChI=1S/C15H21ClN2O2S/c16-9-5-8-12(19)18-15-13(14(17)20)10-6-3-1-2-4-7-11(10)21-15/h1-9H2,(H2,17,20)(H,18,19). The Morgan fingerprint density at radius 2 is 1.90 bits per heavy atom. The summed E-state index contributed by atoms with van der Waals surface area (Å²) in [5.41, 5.74) is 7.12. The molecular formula is C15H21ClN2O2S. The van der Waals surface area contributed by atoms with Gasteiger partial charge in [-0.15, -0.1) is 22.9 Å². The smallest absolute Gasteiger partial charge is 0.251 e. The quantitative estimate of drug-likeness (QED) is 0.812. The van der Waals surface area contributed by atoms with E-state index < -0.39 is 5.91 Å². The number of fused-ring (bicyclic) bond motifs is 1. The number of primary amides is 1. The second-order valence-electron chi connectivity index (χ2n) is 5.33. The van der Waals surface area contributed by atoms with Gasteiger partial charge in [-0.3, -0.25) is 9.59 Å². The highest BCUT2D eigenvalue weighted by molar-refractivity contribution is 7.17. The summed E-state index contributed by atoms with van der Waals surface area (Å²) < 4.78 is 0. The van der Waals surface area contributed by atoms with Gasteiger partial charge in [0.05, 0.1) is 5.56 Å². The largest absolute Gasteiger partial charge is 0.365 e. The van der Waals surface area contributed by atoms with Crippen molar-refractivity contribution in [2.75, 3.05) is 11.2 Å². The van der Waals surface area contributed by atoms with Crippen molar-refractivity contribution in [1.29, 1.82) is 0 Å². The molecule has 0 fully saturated rings. The first kappa shape index (κ1) is 16.3. The topological polar surface area (TPSA) is 72.2 Å². The van der Waals surface area contributed by atoms with E-state index in [4.69, 9.17) is 17.3 Å². The number of nitrogens with one attached hydrogen (secondary N) is 1. The van der Waals surface area contributed by atoms with E-state index in [-0.39, 0.29) is 5.91 Å². The molecule has 0 spiro atoms. The highest BCUT2D eigenvalue weighted by Crippen LogP contribution is 2.36. The van der Waals surface area contributed by atoms with Gasteiger partial charge in [-0.05, 0) is 37.7 Å². The molecular weight excluding hydrogens is 308 g/mol. The molecule has 1 aliphatic rings. The molecule has 1 heterocycles. The van der Waals surface area contributed by atoms with Crippen molar-refractivity contribution in [2.24, 2.45) is 5.73 Å². The third-order valence-corrected chi connectivity index (χ3v) is 5.18. The molecule has 116 valence electrons. The number of alkyl halides is 1. The van der Waals surface area contributed by atoms with E-state index in [0.29, 0.717) is 29.3 Å². The molecule has 0 unspecified atom stereocenters. The molecule has 1 aliphatic carbocycles. The maximum absolute atomic E-state index is 11.9. The van der Waals surface area contributed by atoms with Crippen LogP contribution in [0.5, 0.6) is 0 Å². The SMILES string of the molecule is NC(=O)c1c(NC(=O)CCCCl)sc2c1CCCCCC2. The highest BCUT2D eigenvalue weighted by Gasteiger charge is 2.23. The third kappa shape index (κ3) is 4.20. The number of hydrogen-bond acceptors (Lipinski definition) is 3. The summed E-state index contributed by atoms with van der Waals surface area (Å²) in [6.07, 6.45) is 7.45. The summed E-state index contributed by atoms with van der Waals surface area (Å²) in [6, 6.07) is 0. The lowest BCUT2D eigenvalue weighted by atomic mass is 9.96. The van der Waals surface area contributed by atoms with Crippen LogP contribution in [0.4, 0.5) is 5.00 Å². The van der Waals surface area contributed by atoms with Crippen LogP contribution in [0.1, 0.15) is 59.3 Å². The molecule has 0 saturated carbocycles. The van der Waals surface area contributed by atoms with Gasteiger partial charge in [0.2, 0.25) is 5.91 Å². The zero-order valence-corrected chi connectivity index (χ0v) is 13.6. The fourth-order valence-corrected chi connectivity index (χ4v) is 4.13. The average Bonchev–Trinajstić information content (AvgIpc) is 2.73. The van der Waals surface area contributed by atoms with Crippen LogP contribution in [0.3, 0.4) is 0 Å². The van der Waals surface area contributed by atoms with Gasteiger partial charge in [-0.2, -0.15) is 0 Å². The Morgan fingerprint density at radius 1 is 1.19 bits per heavy atom. The molecule has 6 heteroatoms. The van der Waals surface area contributed by atoms with Crippen molar-refractivity contribution >= 4 is 39.8 Å². The maximum Gasteiger partial charge on any atom is 0.251 e. The molecule has 0 saturated heterocycles. The molecule has 2 rings (SSSR count). The first-order chi connectivity index (χ1) is 10.1. The molecule has 21 heavy (non-hydrogen) atoms. The Kier molecular flexibility index (Phi) is 6.06. The first-order valence-electron chi connectivity index (χ1n) is 7.43. The zero-order chi connectivity index (χ0) is 15.2. The summed E-state index contributed by atoms with van der Waals surface area (Å²) in [6.45, 7) is 0. The summed E-state index contributed by atoms with van der Waals surface area (Å²) in [4.78, 5) is 24.9. The third-order valence-electron chi connectivity index (χ3n) is 3.71. The van der Waals surface area contributed by atoms with E-state index in [0.717, 1.165) is 31.2 Å². The number of carbonyl (C=O) groups excluding carboxylic acids is 2. The summed E-state index contributed by atoms with van der Waals surface area (Å²) in [5.74, 6) is -0.0927. The van der Waals surface area contributed by atoms with Crippen molar-refractivity contribution in [2.45, 2.75) is 51.4 Å². The predicted octanol–water partition coefficient (Wildman–Crippen LogP) is 3.46. The van der Waals surface area contributed by atoms with Crippen molar-refractivity contribution in [3.05, 3.63) is 16.0 Å². The second-order valence-corrected chi connectivity index (χ2v) is 6.81. The van der Waals surface area contributed by atoms with E-state index in [9.17, 15) is 9.59 Å². The Morgan fingerprint density at radius 3 is 2.57 bits per heavy atom. The van der Waals surface area contributed by atoms with Gasteiger partial charge in [-0.25, -0.2) is 0 Å². The number of carbonyl (C=O) groups is 2. The average molecular weight is 329 g/mol. The molecule has 0 aromatic carbocycles. The van der Waals surface area contributed by atoms with E-state index in [1.807, 2.05) is 0 Å². The molecule has 1 aromatic heterocycles. The van der Waals surface area contributed by atoms with Gasteiger partial charge in [0, 0.05) is 17.2 Å². The summed E-state index contributed by atoms with van der Waals surface area (Å²) >= 11 is 7.11. The lowest BCUT2D eigenvalue weighted by Crippen LogP contribution is -2.18. The van der Waals surface area contributed by atoms with Gasteiger partial charge in [0.1, 0.15) is 5.00 Å². The number of amides is 2. The fraction of sp³-hybridized carbons (Fsp3) is 0.600. The number of anilines is 1. The Hall–Kier alpha value is -1.07. The maximum atomic E-state index is 11.9. The predicted molar refractivity (Wildman–Crippen MR) is 87.3 cm³/mol. The van der Waals surface area contributed by atoms with Gasteiger partial charge in [0.25, 0.3) is 5.91 Å². The zero-order valence-electron chi connectivity index (χ0n) is 12.0. The number of halogens is 1. The lowest BCUT2D eigenvalue weighted by Gasteiger charge is -2.10. The molecule has 2 amide bonds. The molecule has 0 aliphatic heterocycles. The van der Waals surface area contributed by atoms with Crippen LogP contribution in [0.25, 0.3) is 0 Å². The second kappa shape index (κ2) is 7.80. The number of nitrogens with two attached hydrogens (primary N) is 1. The Balaban J connectivity index is 2.25. The van der Waals surface area contributed by atoms with Crippen molar-refractivity contribution in [3.8, 4) is 0 Å². The monoisotopic (exact) mass is 328 g/mol. The van der Waals surface area contributed by atoms with Crippen LogP contribution in [-0.4, -0.2) is 17.7 Å². The summed E-state index contributed by atoms with van der Waals surface area (Å²) in [5, 5.41) is 3.46. The molecule has 0 radical (unpaired) electrons. The van der Waals surface area contributed by atoms with E-state index in [2.05, 4.69) is 5.32 Å². The first-order valence-corrected chi connectivity index (χ1v) is 8.78. The van der Waals surface area contributed by atoms with E-state index in [1.54, 1.807) is 0 Å². The molecule has 1 aromatic rings. The van der Waals surface area contributed by atoms with Crippen LogP contribution < -0.4 is 11.1 Å². The van der Waals surface area contributed by atoms with Gasteiger partial charge in [0.15, 0.2) is 0 Å².